The summed E-state index contributed by atoms with van der Waals surface area (Å²) < 4.78 is 1.67. The van der Waals surface area contributed by atoms with Crippen LogP contribution in [0.2, 0.25) is 0 Å². The molecular weight excluding hydrogens is 436 g/mol. The van der Waals surface area contributed by atoms with Gasteiger partial charge in [-0.1, -0.05) is 60.7 Å². The molecule has 2 amide bonds. The Hall–Kier alpha value is -3.75. The van der Waals surface area contributed by atoms with Gasteiger partial charge in [0.2, 0.25) is 5.91 Å². The van der Waals surface area contributed by atoms with Crippen molar-refractivity contribution in [3.05, 3.63) is 95.0 Å². The molecule has 0 bridgehead atoms. The molecule has 0 fully saturated rings. The quantitative estimate of drug-likeness (QED) is 0.375. The van der Waals surface area contributed by atoms with Crippen LogP contribution in [0.3, 0.4) is 0 Å². The number of nitrogens with zero attached hydrogens (tertiary/aromatic N) is 2. The maximum Gasteiger partial charge on any atom is 0.254 e. The van der Waals surface area contributed by atoms with Crippen LogP contribution in [0.4, 0.5) is 0 Å². The van der Waals surface area contributed by atoms with Gasteiger partial charge in [-0.15, -0.1) is 11.3 Å². The van der Waals surface area contributed by atoms with Crippen molar-refractivity contribution in [3.63, 3.8) is 0 Å². The number of amides is 2. The summed E-state index contributed by atoms with van der Waals surface area (Å²) in [4.78, 5) is 25.9. The van der Waals surface area contributed by atoms with Crippen LogP contribution in [0.1, 0.15) is 20.8 Å². The number of carbonyl (C=O) groups is 2. The lowest BCUT2D eigenvalue weighted by Gasteiger charge is -2.22. The van der Waals surface area contributed by atoms with Crippen LogP contribution in [-0.4, -0.2) is 38.8 Å². The number of thiophene rings is 1. The normalized spacial score (nSPS) is 12.8. The second-order valence-corrected chi connectivity index (χ2v) is 8.94. The van der Waals surface area contributed by atoms with Gasteiger partial charge in [-0.05, 0) is 31.0 Å². The van der Waals surface area contributed by atoms with Crippen LogP contribution in [0.25, 0.3) is 16.3 Å². The standard InChI is InChI=1S/C25H24N4O3S/c1-16-14-19(25(33-16)29-13-12-20(28-29)18-10-6-3-7-11-18)24(32)27-21(22(30)23(26)31)15-17-8-4-2-5-9-17/h2-14,21-22,30H,15H2,1H3,(H2,26,31)(H,27,32). The zero-order chi connectivity index (χ0) is 23.4. The molecule has 0 aliphatic heterocycles. The molecule has 33 heavy (non-hydrogen) atoms. The van der Waals surface area contributed by atoms with Crippen LogP contribution in [0.5, 0.6) is 0 Å². The molecule has 2 heterocycles. The van der Waals surface area contributed by atoms with Crippen molar-refractivity contribution < 1.29 is 14.7 Å². The van der Waals surface area contributed by atoms with E-state index in [0.717, 1.165) is 21.7 Å². The number of benzene rings is 2. The maximum atomic E-state index is 13.2. The Morgan fingerprint density at radius 2 is 1.76 bits per heavy atom. The number of hydrogen-bond acceptors (Lipinski definition) is 5. The van der Waals surface area contributed by atoms with Crippen LogP contribution < -0.4 is 11.1 Å². The van der Waals surface area contributed by atoms with Gasteiger partial charge in [-0.25, -0.2) is 4.68 Å². The second-order valence-electron chi connectivity index (χ2n) is 7.70. The van der Waals surface area contributed by atoms with Crippen molar-refractivity contribution in [2.24, 2.45) is 5.73 Å². The number of hydrogen-bond donors (Lipinski definition) is 3. The van der Waals surface area contributed by atoms with Gasteiger partial charge in [-0.3, -0.25) is 9.59 Å². The molecule has 0 saturated carbocycles. The van der Waals surface area contributed by atoms with Crippen LogP contribution in [0, 0.1) is 6.92 Å². The Morgan fingerprint density at radius 3 is 2.42 bits per heavy atom. The third kappa shape index (κ3) is 5.19. The van der Waals surface area contributed by atoms with E-state index in [-0.39, 0.29) is 6.42 Å². The Balaban J connectivity index is 1.60. The molecule has 2 aromatic heterocycles. The largest absolute Gasteiger partial charge is 0.381 e. The molecule has 2 atom stereocenters. The molecule has 2 unspecified atom stereocenters. The molecule has 7 nitrogen and oxygen atoms in total. The van der Waals surface area contributed by atoms with E-state index in [2.05, 4.69) is 10.4 Å². The summed E-state index contributed by atoms with van der Waals surface area (Å²) >= 11 is 1.44. The summed E-state index contributed by atoms with van der Waals surface area (Å²) in [6.45, 7) is 1.91. The van der Waals surface area contributed by atoms with Crippen molar-refractivity contribution in [1.82, 2.24) is 15.1 Å². The number of aryl methyl sites for hydroxylation is 1. The maximum absolute atomic E-state index is 13.2. The van der Waals surface area contributed by atoms with Crippen molar-refractivity contribution in [2.45, 2.75) is 25.5 Å². The highest BCUT2D eigenvalue weighted by Crippen LogP contribution is 2.27. The Morgan fingerprint density at radius 1 is 1.09 bits per heavy atom. The van der Waals surface area contributed by atoms with Gasteiger partial charge >= 0.3 is 0 Å². The molecule has 168 valence electrons. The first-order chi connectivity index (χ1) is 15.9. The minimum Gasteiger partial charge on any atom is -0.381 e. The summed E-state index contributed by atoms with van der Waals surface area (Å²) in [6.07, 6.45) is 0.547. The van der Waals surface area contributed by atoms with Crippen LogP contribution in [-0.2, 0) is 11.2 Å². The third-order valence-electron chi connectivity index (χ3n) is 5.23. The topological polar surface area (TPSA) is 110 Å². The molecular formula is C25H24N4O3S. The third-order valence-corrected chi connectivity index (χ3v) is 6.27. The molecule has 4 N–H and O–H groups in total. The number of aromatic nitrogens is 2. The Bertz CT molecular complexity index is 1250. The SMILES string of the molecule is Cc1cc(C(=O)NC(Cc2ccccc2)C(O)C(N)=O)c(-n2ccc(-c3ccccc3)n2)s1. The minimum atomic E-state index is -1.52. The highest BCUT2D eigenvalue weighted by molar-refractivity contribution is 7.14. The van der Waals surface area contributed by atoms with E-state index in [1.807, 2.05) is 79.9 Å². The first-order valence-electron chi connectivity index (χ1n) is 10.5. The minimum absolute atomic E-state index is 0.259. The van der Waals surface area contributed by atoms with Gasteiger partial charge in [0.05, 0.1) is 17.3 Å². The lowest BCUT2D eigenvalue weighted by Crippen LogP contribution is -2.50. The van der Waals surface area contributed by atoms with E-state index in [1.54, 1.807) is 10.7 Å². The fourth-order valence-corrected chi connectivity index (χ4v) is 4.53. The summed E-state index contributed by atoms with van der Waals surface area (Å²) in [5.41, 5.74) is 8.38. The van der Waals surface area contributed by atoms with Gasteiger partial charge < -0.3 is 16.2 Å². The number of aliphatic hydroxyl groups excluding tert-OH is 1. The lowest BCUT2D eigenvalue weighted by molar-refractivity contribution is -0.127. The van der Waals surface area contributed by atoms with E-state index in [0.29, 0.717) is 10.6 Å². The van der Waals surface area contributed by atoms with E-state index in [4.69, 9.17) is 5.73 Å². The van der Waals surface area contributed by atoms with E-state index < -0.39 is 24.0 Å². The molecule has 8 heteroatoms. The second kappa shape index (κ2) is 9.81. The lowest BCUT2D eigenvalue weighted by atomic mass is 10.0. The predicted molar refractivity (Wildman–Crippen MR) is 128 cm³/mol. The highest BCUT2D eigenvalue weighted by Gasteiger charge is 2.28. The molecule has 4 aromatic rings. The van der Waals surface area contributed by atoms with E-state index in [9.17, 15) is 14.7 Å². The molecule has 0 saturated heterocycles. The zero-order valence-corrected chi connectivity index (χ0v) is 18.8. The zero-order valence-electron chi connectivity index (χ0n) is 18.0. The van der Waals surface area contributed by atoms with Gasteiger partial charge in [0, 0.05) is 16.6 Å². The number of aliphatic hydroxyl groups is 1. The molecule has 0 spiro atoms. The number of rotatable bonds is 8. The van der Waals surface area contributed by atoms with Gasteiger partial charge in [0.15, 0.2) is 6.10 Å². The molecule has 0 aliphatic carbocycles. The molecule has 0 aliphatic rings. The average Bonchev–Trinajstić information content (AvgIpc) is 3.46. The highest BCUT2D eigenvalue weighted by atomic mass is 32.1. The summed E-state index contributed by atoms with van der Waals surface area (Å²) in [6, 6.07) is 21.9. The fraction of sp³-hybridized carbons (Fsp3) is 0.160. The van der Waals surface area contributed by atoms with E-state index >= 15 is 0 Å². The summed E-state index contributed by atoms with van der Waals surface area (Å²) in [7, 11) is 0. The fourth-order valence-electron chi connectivity index (χ4n) is 3.59. The van der Waals surface area contributed by atoms with Crippen LogP contribution in [0.15, 0.2) is 79.0 Å². The first kappa shape index (κ1) is 22.4. The number of primary amides is 1. The molecule has 2 aromatic carbocycles. The van der Waals surface area contributed by atoms with Gasteiger partial charge in [0.25, 0.3) is 5.91 Å². The number of nitrogens with two attached hydrogens (primary N) is 1. The first-order valence-corrected chi connectivity index (χ1v) is 11.3. The van der Waals surface area contributed by atoms with Gasteiger partial charge in [0.1, 0.15) is 5.00 Å². The Labute approximate surface area is 195 Å². The molecule has 4 rings (SSSR count). The predicted octanol–water partition coefficient (Wildman–Crippen LogP) is 3.10. The van der Waals surface area contributed by atoms with E-state index in [1.165, 1.54) is 11.3 Å². The number of nitrogens with one attached hydrogen (secondary N) is 1. The van der Waals surface area contributed by atoms with Crippen molar-refractivity contribution >= 4 is 23.2 Å². The smallest absolute Gasteiger partial charge is 0.254 e. The van der Waals surface area contributed by atoms with Crippen molar-refractivity contribution in [2.75, 3.05) is 0 Å². The average molecular weight is 461 g/mol. The summed E-state index contributed by atoms with van der Waals surface area (Å²) in [5, 5.41) is 18.5. The van der Waals surface area contributed by atoms with Crippen molar-refractivity contribution in [1.29, 1.82) is 0 Å². The summed E-state index contributed by atoms with van der Waals surface area (Å²) in [5.74, 6) is -1.30. The monoisotopic (exact) mass is 460 g/mol. The van der Waals surface area contributed by atoms with Crippen molar-refractivity contribution in [3.8, 4) is 16.3 Å². The number of carbonyl (C=O) groups excluding carboxylic acids is 2. The Kier molecular flexibility index (Phi) is 6.67. The molecule has 0 radical (unpaired) electrons. The van der Waals surface area contributed by atoms with Gasteiger partial charge in [-0.2, -0.15) is 5.10 Å². The van der Waals surface area contributed by atoms with Crippen LogP contribution >= 0.6 is 11.3 Å².